The van der Waals surface area contributed by atoms with Crippen molar-refractivity contribution in [1.29, 1.82) is 0 Å². The third-order valence-electron chi connectivity index (χ3n) is 4.99. The largest absolute Gasteiger partial charge is 0.310 e. The molecule has 0 saturated heterocycles. The van der Waals surface area contributed by atoms with Crippen LogP contribution in [0, 0.1) is 0 Å². The van der Waals surface area contributed by atoms with Gasteiger partial charge in [0.05, 0.1) is 10.9 Å². The van der Waals surface area contributed by atoms with Crippen LogP contribution >= 0.6 is 0 Å². The number of para-hydroxylation sites is 1. The van der Waals surface area contributed by atoms with E-state index in [4.69, 9.17) is 0 Å². The zero-order chi connectivity index (χ0) is 17.8. The normalized spacial score (nSPS) is 17.2. The number of benzene rings is 2. The van der Waals surface area contributed by atoms with Gasteiger partial charge in [-0.25, -0.2) is 4.98 Å². The van der Waals surface area contributed by atoms with Crippen LogP contribution in [0.4, 0.5) is 0 Å². The van der Waals surface area contributed by atoms with Gasteiger partial charge in [0.2, 0.25) is 0 Å². The zero-order valence-corrected chi connectivity index (χ0v) is 14.7. The number of nitrogens with one attached hydrogen (secondary N) is 2. The van der Waals surface area contributed by atoms with Crippen molar-refractivity contribution in [2.24, 2.45) is 0 Å². The number of fused-ring (bicyclic) bond motifs is 1. The minimum Gasteiger partial charge on any atom is -0.310 e. The number of aromatic nitrogens is 2. The Morgan fingerprint density at radius 1 is 1.04 bits per heavy atom. The molecule has 0 amide bonds. The molecule has 132 valence electrons. The molecular weight excluding hydrogens is 322 g/mol. The molecule has 2 aromatic carbocycles. The van der Waals surface area contributed by atoms with Gasteiger partial charge in [0.15, 0.2) is 0 Å². The van der Waals surface area contributed by atoms with E-state index in [1.807, 2.05) is 24.3 Å². The molecular formula is C22H23N3O. The highest BCUT2D eigenvalue weighted by Crippen LogP contribution is 2.24. The summed E-state index contributed by atoms with van der Waals surface area (Å²) in [6.07, 6.45) is 6.20. The molecule has 0 aliphatic carbocycles. The van der Waals surface area contributed by atoms with Crippen LogP contribution in [-0.2, 0) is 6.42 Å². The molecule has 1 aromatic heterocycles. The second kappa shape index (κ2) is 7.67. The monoisotopic (exact) mass is 345 g/mol. The molecule has 0 radical (unpaired) electrons. The zero-order valence-electron chi connectivity index (χ0n) is 14.7. The number of nitrogens with zero attached hydrogens (tertiary/aromatic N) is 1. The number of hydrogen-bond acceptors (Lipinski definition) is 3. The van der Waals surface area contributed by atoms with Gasteiger partial charge in [0.25, 0.3) is 5.56 Å². The van der Waals surface area contributed by atoms with Crippen molar-refractivity contribution in [3.63, 3.8) is 0 Å². The van der Waals surface area contributed by atoms with Gasteiger partial charge in [-0.1, -0.05) is 48.5 Å². The topological polar surface area (TPSA) is 57.8 Å². The summed E-state index contributed by atoms with van der Waals surface area (Å²) in [5.74, 6) is 0.781. The summed E-state index contributed by atoms with van der Waals surface area (Å²) in [6, 6.07) is 18.6. The molecule has 0 saturated carbocycles. The number of aromatic amines is 1. The van der Waals surface area contributed by atoms with Gasteiger partial charge >= 0.3 is 0 Å². The van der Waals surface area contributed by atoms with E-state index in [1.54, 1.807) is 0 Å². The molecule has 0 spiro atoms. The lowest BCUT2D eigenvalue weighted by atomic mass is 9.93. The van der Waals surface area contributed by atoms with Crippen LogP contribution in [0.25, 0.3) is 16.5 Å². The van der Waals surface area contributed by atoms with Gasteiger partial charge in [-0.3, -0.25) is 4.79 Å². The lowest BCUT2D eigenvalue weighted by Crippen LogP contribution is -2.33. The van der Waals surface area contributed by atoms with Gasteiger partial charge in [0, 0.05) is 19.0 Å². The van der Waals surface area contributed by atoms with Crippen LogP contribution in [0.5, 0.6) is 0 Å². The van der Waals surface area contributed by atoms with E-state index in [-0.39, 0.29) is 5.56 Å². The summed E-state index contributed by atoms with van der Waals surface area (Å²) >= 11 is 0. The third-order valence-corrected chi connectivity index (χ3v) is 4.99. The number of H-pyrrole nitrogens is 1. The van der Waals surface area contributed by atoms with E-state index in [2.05, 4.69) is 51.7 Å². The maximum Gasteiger partial charge on any atom is 0.258 e. The van der Waals surface area contributed by atoms with Gasteiger partial charge in [0.1, 0.15) is 5.82 Å². The van der Waals surface area contributed by atoms with E-state index >= 15 is 0 Å². The first kappa shape index (κ1) is 16.7. The van der Waals surface area contributed by atoms with Crippen molar-refractivity contribution in [3.8, 4) is 0 Å². The summed E-state index contributed by atoms with van der Waals surface area (Å²) in [7, 11) is 0. The average Bonchev–Trinajstić information content (AvgIpc) is 2.69. The first-order valence-corrected chi connectivity index (χ1v) is 9.25. The molecule has 2 N–H and O–H groups in total. The van der Waals surface area contributed by atoms with Crippen molar-refractivity contribution < 1.29 is 0 Å². The fourth-order valence-electron chi connectivity index (χ4n) is 3.63. The van der Waals surface area contributed by atoms with Crippen molar-refractivity contribution >= 4 is 16.5 Å². The van der Waals surface area contributed by atoms with Crippen molar-refractivity contribution in [1.82, 2.24) is 15.3 Å². The van der Waals surface area contributed by atoms with Gasteiger partial charge < -0.3 is 10.3 Å². The molecule has 3 aromatic rings. The van der Waals surface area contributed by atoms with Crippen LogP contribution < -0.4 is 10.9 Å². The summed E-state index contributed by atoms with van der Waals surface area (Å²) in [4.78, 5) is 19.7. The van der Waals surface area contributed by atoms with Crippen molar-refractivity contribution in [2.45, 2.75) is 31.7 Å². The predicted molar refractivity (Wildman–Crippen MR) is 106 cm³/mol. The van der Waals surface area contributed by atoms with E-state index in [9.17, 15) is 4.79 Å². The highest BCUT2D eigenvalue weighted by molar-refractivity contribution is 5.77. The van der Waals surface area contributed by atoms with Crippen LogP contribution in [0.2, 0.25) is 0 Å². The highest BCUT2D eigenvalue weighted by Gasteiger charge is 2.16. The SMILES string of the molecule is O=c1[nH]c(CCCC2CC(c3ccccc3)=CCN2)nc2ccccc12. The molecule has 4 rings (SSSR count). The fraction of sp³-hybridized carbons (Fsp3) is 0.273. The van der Waals surface area contributed by atoms with E-state index in [1.165, 1.54) is 11.1 Å². The molecule has 4 heteroatoms. The number of hydrogen-bond donors (Lipinski definition) is 2. The van der Waals surface area contributed by atoms with Gasteiger partial charge in [-0.15, -0.1) is 0 Å². The minimum atomic E-state index is -0.0457. The molecule has 4 nitrogen and oxygen atoms in total. The molecule has 0 bridgehead atoms. The Labute approximate surface area is 153 Å². The Morgan fingerprint density at radius 3 is 2.73 bits per heavy atom. The third kappa shape index (κ3) is 3.75. The quantitative estimate of drug-likeness (QED) is 0.741. The van der Waals surface area contributed by atoms with E-state index in [0.29, 0.717) is 11.4 Å². The molecule has 1 aliphatic rings. The molecule has 2 heterocycles. The summed E-state index contributed by atoms with van der Waals surface area (Å²) in [6.45, 7) is 0.917. The van der Waals surface area contributed by atoms with Crippen LogP contribution in [-0.4, -0.2) is 22.6 Å². The van der Waals surface area contributed by atoms with Gasteiger partial charge in [-0.2, -0.15) is 0 Å². The summed E-state index contributed by atoms with van der Waals surface area (Å²) in [5.41, 5.74) is 3.47. The lowest BCUT2D eigenvalue weighted by Gasteiger charge is -2.24. The van der Waals surface area contributed by atoms with Crippen LogP contribution in [0.15, 0.2) is 65.5 Å². The standard InChI is InChI=1S/C22H23N3O/c26-22-19-10-4-5-11-20(19)24-21(25-22)12-6-9-18-15-17(13-14-23-18)16-7-2-1-3-8-16/h1-5,7-8,10-11,13,18,23H,6,9,12,14-15H2,(H,24,25,26). The summed E-state index contributed by atoms with van der Waals surface area (Å²) in [5, 5.41) is 4.23. The highest BCUT2D eigenvalue weighted by atomic mass is 16.1. The molecule has 1 aliphatic heterocycles. The van der Waals surface area contributed by atoms with Crippen molar-refractivity contribution in [3.05, 3.63) is 82.4 Å². The van der Waals surface area contributed by atoms with Crippen LogP contribution in [0.1, 0.15) is 30.7 Å². The Hall–Kier alpha value is -2.72. The smallest absolute Gasteiger partial charge is 0.258 e. The van der Waals surface area contributed by atoms with Gasteiger partial charge in [-0.05, 0) is 42.5 Å². The Bertz CT molecular complexity index is 975. The first-order chi connectivity index (χ1) is 12.8. The maximum absolute atomic E-state index is 12.1. The Kier molecular flexibility index (Phi) is 4.93. The van der Waals surface area contributed by atoms with Crippen molar-refractivity contribution in [2.75, 3.05) is 6.54 Å². The molecule has 1 atom stereocenters. The van der Waals surface area contributed by atoms with E-state index < -0.39 is 0 Å². The fourth-order valence-corrected chi connectivity index (χ4v) is 3.63. The lowest BCUT2D eigenvalue weighted by molar-refractivity contribution is 0.483. The maximum atomic E-state index is 12.1. The first-order valence-electron chi connectivity index (χ1n) is 9.25. The Morgan fingerprint density at radius 2 is 1.85 bits per heavy atom. The second-order valence-electron chi connectivity index (χ2n) is 6.83. The second-order valence-corrected chi connectivity index (χ2v) is 6.83. The number of rotatable bonds is 5. The Balaban J connectivity index is 1.37. The average molecular weight is 345 g/mol. The minimum absolute atomic E-state index is 0.0457. The predicted octanol–water partition coefficient (Wildman–Crippen LogP) is 3.69. The number of aryl methyl sites for hydroxylation is 1. The van der Waals surface area contributed by atoms with E-state index in [0.717, 1.165) is 43.6 Å². The molecule has 1 unspecified atom stereocenters. The summed E-state index contributed by atoms with van der Waals surface area (Å²) < 4.78 is 0. The molecule has 0 fully saturated rings. The van der Waals surface area contributed by atoms with Crippen LogP contribution in [0.3, 0.4) is 0 Å². The molecule has 26 heavy (non-hydrogen) atoms.